The van der Waals surface area contributed by atoms with Crippen LogP contribution in [0.25, 0.3) is 16.3 Å². The van der Waals surface area contributed by atoms with Crippen molar-refractivity contribution in [1.29, 1.82) is 0 Å². The van der Waals surface area contributed by atoms with Crippen molar-refractivity contribution in [3.05, 3.63) is 40.9 Å². The molecular weight excluding hydrogens is 230 g/mol. The third kappa shape index (κ3) is 1.42. The highest BCUT2D eigenvalue weighted by molar-refractivity contribution is 7.13. The molecule has 0 aliphatic carbocycles. The van der Waals surface area contributed by atoms with Crippen molar-refractivity contribution in [1.82, 2.24) is 14.6 Å². The Balaban J connectivity index is 2.27. The van der Waals surface area contributed by atoms with Gasteiger partial charge < -0.3 is 0 Å². The number of rotatable bonds is 1. The second-order valence-electron chi connectivity index (χ2n) is 3.03. The summed E-state index contributed by atoms with van der Waals surface area (Å²) in [5, 5.41) is 6.91. The number of hydrogen-bond donors (Lipinski definition) is 0. The van der Waals surface area contributed by atoms with Gasteiger partial charge in [0, 0.05) is 0 Å². The average molecular weight is 236 g/mol. The molecule has 3 nitrogen and oxygen atoms in total. The van der Waals surface area contributed by atoms with Crippen LogP contribution in [-0.4, -0.2) is 14.6 Å². The van der Waals surface area contributed by atoms with Crippen molar-refractivity contribution in [3.63, 3.8) is 0 Å². The van der Waals surface area contributed by atoms with Crippen molar-refractivity contribution in [2.75, 3.05) is 0 Å². The maximum absolute atomic E-state index is 6.00. The lowest BCUT2D eigenvalue weighted by Gasteiger charge is -1.91. The van der Waals surface area contributed by atoms with E-state index in [9.17, 15) is 0 Å². The van der Waals surface area contributed by atoms with Crippen LogP contribution in [0.5, 0.6) is 0 Å². The van der Waals surface area contributed by atoms with Crippen molar-refractivity contribution in [3.8, 4) is 10.7 Å². The lowest BCUT2D eigenvalue weighted by molar-refractivity contribution is 0.968. The van der Waals surface area contributed by atoms with E-state index in [1.165, 1.54) is 0 Å². The highest BCUT2D eigenvalue weighted by Gasteiger charge is 2.08. The fourth-order valence-electron chi connectivity index (χ4n) is 1.38. The number of hydrogen-bond acceptors (Lipinski definition) is 3. The summed E-state index contributed by atoms with van der Waals surface area (Å²) in [4.78, 5) is 5.44. The fraction of sp³-hybridized carbons (Fsp3) is 0. The minimum Gasteiger partial charge on any atom is -0.206 e. The van der Waals surface area contributed by atoms with Crippen LogP contribution >= 0.6 is 22.9 Å². The van der Waals surface area contributed by atoms with Crippen LogP contribution in [-0.2, 0) is 0 Å². The minimum absolute atomic E-state index is 0.572. The van der Waals surface area contributed by atoms with E-state index < -0.39 is 0 Å². The van der Waals surface area contributed by atoms with Crippen LogP contribution in [0.3, 0.4) is 0 Å². The molecule has 0 amide bonds. The van der Waals surface area contributed by atoms with Crippen LogP contribution in [0.4, 0.5) is 0 Å². The van der Waals surface area contributed by atoms with Crippen LogP contribution in [0.15, 0.2) is 35.7 Å². The van der Waals surface area contributed by atoms with E-state index in [4.69, 9.17) is 11.6 Å². The van der Waals surface area contributed by atoms with Gasteiger partial charge in [0.1, 0.15) is 5.15 Å². The molecule has 0 aromatic carbocycles. The van der Waals surface area contributed by atoms with Crippen molar-refractivity contribution in [2.45, 2.75) is 0 Å². The molecule has 0 atom stereocenters. The van der Waals surface area contributed by atoms with E-state index in [1.54, 1.807) is 21.9 Å². The SMILES string of the molecule is Clc1cccc2nc(-c3cccs3)nn12. The molecule has 3 rings (SSSR count). The molecule has 0 aliphatic rings. The lowest BCUT2D eigenvalue weighted by Crippen LogP contribution is -1.87. The second kappa shape index (κ2) is 3.32. The largest absolute Gasteiger partial charge is 0.206 e. The third-order valence-electron chi connectivity index (χ3n) is 2.06. The van der Waals surface area contributed by atoms with E-state index in [0.29, 0.717) is 5.15 Å². The molecule has 0 bridgehead atoms. The van der Waals surface area contributed by atoms with Gasteiger partial charge in [-0.25, -0.2) is 9.50 Å². The highest BCUT2D eigenvalue weighted by Crippen LogP contribution is 2.22. The molecule has 3 aromatic heterocycles. The molecule has 0 saturated carbocycles. The molecule has 0 spiro atoms. The van der Waals surface area contributed by atoms with Gasteiger partial charge in [-0.15, -0.1) is 16.4 Å². The number of aromatic nitrogens is 3. The zero-order chi connectivity index (χ0) is 10.3. The van der Waals surface area contributed by atoms with Gasteiger partial charge >= 0.3 is 0 Å². The average Bonchev–Trinajstić information content (AvgIpc) is 2.86. The molecule has 5 heteroatoms. The molecule has 3 aromatic rings. The van der Waals surface area contributed by atoms with E-state index in [-0.39, 0.29) is 0 Å². The highest BCUT2D eigenvalue weighted by atomic mass is 35.5. The minimum atomic E-state index is 0.572. The molecular formula is C10H6ClN3S. The summed E-state index contributed by atoms with van der Waals surface area (Å²) >= 11 is 7.61. The van der Waals surface area contributed by atoms with E-state index in [2.05, 4.69) is 10.1 Å². The smallest absolute Gasteiger partial charge is 0.192 e. The molecule has 15 heavy (non-hydrogen) atoms. The summed E-state index contributed by atoms with van der Waals surface area (Å²) < 4.78 is 1.64. The van der Waals surface area contributed by atoms with Gasteiger partial charge in [-0.2, -0.15) is 0 Å². The summed E-state index contributed by atoms with van der Waals surface area (Å²) in [6.45, 7) is 0. The summed E-state index contributed by atoms with van der Waals surface area (Å²) in [5.41, 5.74) is 0.769. The zero-order valence-electron chi connectivity index (χ0n) is 7.59. The predicted octanol–water partition coefficient (Wildman–Crippen LogP) is 3.11. The predicted molar refractivity (Wildman–Crippen MR) is 61.3 cm³/mol. The topological polar surface area (TPSA) is 30.2 Å². The molecule has 0 N–H and O–H groups in total. The molecule has 0 radical (unpaired) electrons. The molecule has 0 saturated heterocycles. The Morgan fingerprint density at radius 2 is 2.13 bits per heavy atom. The Bertz CT molecular complexity index is 600. The van der Waals surface area contributed by atoms with Crippen molar-refractivity contribution >= 4 is 28.6 Å². The quantitative estimate of drug-likeness (QED) is 0.607. The standard InChI is InChI=1S/C10H6ClN3S/c11-8-4-1-5-9-12-10(13-14(8)9)7-3-2-6-15-7/h1-6H. The number of fused-ring (bicyclic) bond motifs is 1. The van der Waals surface area contributed by atoms with Gasteiger partial charge in [-0.05, 0) is 23.6 Å². The Hall–Kier alpha value is -1.39. The summed E-state index contributed by atoms with van der Waals surface area (Å²) in [6.07, 6.45) is 0. The van der Waals surface area contributed by atoms with Crippen LogP contribution in [0, 0.1) is 0 Å². The Kier molecular flexibility index (Phi) is 1.97. The van der Waals surface area contributed by atoms with Gasteiger partial charge in [0.25, 0.3) is 0 Å². The third-order valence-corrected chi connectivity index (χ3v) is 3.21. The summed E-state index contributed by atoms with van der Waals surface area (Å²) in [6, 6.07) is 9.52. The summed E-state index contributed by atoms with van der Waals surface area (Å²) in [7, 11) is 0. The number of thiophene rings is 1. The normalized spacial score (nSPS) is 11.0. The van der Waals surface area contributed by atoms with Crippen LogP contribution in [0.2, 0.25) is 5.15 Å². The molecule has 3 heterocycles. The molecule has 0 unspecified atom stereocenters. The van der Waals surface area contributed by atoms with E-state index in [1.807, 2.05) is 29.6 Å². The second-order valence-corrected chi connectivity index (χ2v) is 4.37. The first-order valence-corrected chi connectivity index (χ1v) is 5.65. The Labute approximate surface area is 95.0 Å². The van der Waals surface area contributed by atoms with Gasteiger partial charge in [0.15, 0.2) is 11.5 Å². The fourth-order valence-corrected chi connectivity index (χ4v) is 2.23. The van der Waals surface area contributed by atoms with E-state index in [0.717, 1.165) is 16.3 Å². The number of halogens is 1. The van der Waals surface area contributed by atoms with Gasteiger partial charge in [0.2, 0.25) is 0 Å². The van der Waals surface area contributed by atoms with Gasteiger partial charge in [0.05, 0.1) is 4.88 Å². The maximum atomic E-state index is 6.00. The summed E-state index contributed by atoms with van der Waals surface area (Å²) in [5.74, 6) is 0.720. The lowest BCUT2D eigenvalue weighted by atomic mass is 10.4. The van der Waals surface area contributed by atoms with Gasteiger partial charge in [-0.3, -0.25) is 0 Å². The zero-order valence-corrected chi connectivity index (χ0v) is 9.16. The van der Waals surface area contributed by atoms with Crippen LogP contribution in [0.1, 0.15) is 0 Å². The Morgan fingerprint density at radius 1 is 1.20 bits per heavy atom. The van der Waals surface area contributed by atoms with Crippen molar-refractivity contribution < 1.29 is 0 Å². The van der Waals surface area contributed by atoms with Gasteiger partial charge in [-0.1, -0.05) is 23.7 Å². The molecule has 0 fully saturated rings. The number of nitrogens with zero attached hydrogens (tertiary/aromatic N) is 3. The van der Waals surface area contributed by atoms with Crippen molar-refractivity contribution in [2.24, 2.45) is 0 Å². The molecule has 0 aliphatic heterocycles. The maximum Gasteiger partial charge on any atom is 0.192 e. The van der Waals surface area contributed by atoms with E-state index >= 15 is 0 Å². The number of pyridine rings is 1. The Morgan fingerprint density at radius 3 is 2.87 bits per heavy atom. The first kappa shape index (κ1) is 8.88. The monoisotopic (exact) mass is 235 g/mol. The van der Waals surface area contributed by atoms with Crippen LogP contribution < -0.4 is 0 Å². The molecule has 74 valence electrons. The first-order valence-electron chi connectivity index (χ1n) is 4.40. The first-order chi connectivity index (χ1) is 7.34.